The second kappa shape index (κ2) is 7.87. The van der Waals surface area contributed by atoms with Gasteiger partial charge >= 0.3 is 0 Å². The zero-order chi connectivity index (χ0) is 15.2. The Morgan fingerprint density at radius 3 is 2.86 bits per heavy atom. The van der Waals surface area contributed by atoms with E-state index >= 15 is 0 Å². The third kappa shape index (κ3) is 4.50. The molecule has 0 aliphatic carbocycles. The summed E-state index contributed by atoms with van der Waals surface area (Å²) in [5.41, 5.74) is 2.06. The first-order valence-electron chi connectivity index (χ1n) is 6.88. The average molecular weight is 372 g/mol. The minimum atomic E-state index is -0.255. The summed E-state index contributed by atoms with van der Waals surface area (Å²) in [6.07, 6.45) is 5.15. The molecular formula is C16H17BrClFN2. The van der Waals surface area contributed by atoms with Crippen molar-refractivity contribution >= 4 is 27.5 Å². The summed E-state index contributed by atoms with van der Waals surface area (Å²) in [5.74, 6) is -0.255. The molecule has 1 atom stereocenters. The van der Waals surface area contributed by atoms with Gasteiger partial charge in [0.1, 0.15) is 5.82 Å². The van der Waals surface area contributed by atoms with E-state index in [1.165, 1.54) is 6.07 Å². The summed E-state index contributed by atoms with van der Waals surface area (Å²) in [6.45, 7) is 3.01. The van der Waals surface area contributed by atoms with E-state index in [0.29, 0.717) is 9.50 Å². The van der Waals surface area contributed by atoms with Crippen LogP contribution in [0.4, 0.5) is 4.39 Å². The van der Waals surface area contributed by atoms with Crippen molar-refractivity contribution in [3.63, 3.8) is 0 Å². The molecule has 1 unspecified atom stereocenters. The van der Waals surface area contributed by atoms with Crippen molar-refractivity contribution in [1.82, 2.24) is 10.3 Å². The molecule has 1 heterocycles. The zero-order valence-corrected chi connectivity index (χ0v) is 14.1. The maximum Gasteiger partial charge on any atom is 0.137 e. The van der Waals surface area contributed by atoms with Crippen LogP contribution in [-0.2, 0) is 6.42 Å². The Labute approximate surface area is 137 Å². The lowest BCUT2D eigenvalue weighted by Crippen LogP contribution is -2.24. The minimum absolute atomic E-state index is 0.0850. The van der Waals surface area contributed by atoms with Gasteiger partial charge in [0.05, 0.1) is 9.50 Å². The van der Waals surface area contributed by atoms with Gasteiger partial charge in [0.2, 0.25) is 0 Å². The molecule has 0 aliphatic heterocycles. The summed E-state index contributed by atoms with van der Waals surface area (Å²) in [7, 11) is 0. The predicted octanol–water partition coefficient (Wildman–Crippen LogP) is 4.92. The fraction of sp³-hybridized carbons (Fsp3) is 0.312. The van der Waals surface area contributed by atoms with E-state index in [4.69, 9.17) is 11.6 Å². The van der Waals surface area contributed by atoms with Gasteiger partial charge in [0, 0.05) is 18.4 Å². The molecule has 1 N–H and O–H groups in total. The van der Waals surface area contributed by atoms with Crippen LogP contribution in [0.2, 0.25) is 5.02 Å². The summed E-state index contributed by atoms with van der Waals surface area (Å²) in [5, 5.41) is 4.14. The summed E-state index contributed by atoms with van der Waals surface area (Å²) >= 11 is 9.43. The van der Waals surface area contributed by atoms with Gasteiger partial charge in [0.25, 0.3) is 0 Å². The molecule has 5 heteroatoms. The first kappa shape index (κ1) is 16.4. The van der Waals surface area contributed by atoms with E-state index in [9.17, 15) is 4.39 Å². The monoisotopic (exact) mass is 370 g/mol. The lowest BCUT2D eigenvalue weighted by atomic mass is 9.99. The van der Waals surface area contributed by atoms with Crippen LogP contribution in [-0.4, -0.2) is 11.5 Å². The van der Waals surface area contributed by atoms with Crippen molar-refractivity contribution in [3.05, 3.63) is 63.1 Å². The Morgan fingerprint density at radius 2 is 2.19 bits per heavy atom. The number of hydrogen-bond donors (Lipinski definition) is 1. The highest BCUT2D eigenvalue weighted by Gasteiger charge is 2.15. The number of rotatable bonds is 6. The van der Waals surface area contributed by atoms with Crippen molar-refractivity contribution < 1.29 is 4.39 Å². The number of benzene rings is 1. The molecule has 0 amide bonds. The van der Waals surface area contributed by atoms with Gasteiger partial charge in [-0.2, -0.15) is 0 Å². The average Bonchev–Trinajstić information content (AvgIpc) is 2.48. The second-order valence-electron chi connectivity index (χ2n) is 4.85. The molecule has 0 fully saturated rings. The summed E-state index contributed by atoms with van der Waals surface area (Å²) in [4.78, 5) is 4.00. The van der Waals surface area contributed by atoms with Crippen LogP contribution in [0, 0.1) is 5.82 Å². The van der Waals surface area contributed by atoms with Crippen molar-refractivity contribution in [3.8, 4) is 0 Å². The predicted molar refractivity (Wildman–Crippen MR) is 88.1 cm³/mol. The van der Waals surface area contributed by atoms with Gasteiger partial charge < -0.3 is 5.32 Å². The first-order chi connectivity index (χ1) is 10.1. The molecule has 0 saturated heterocycles. The van der Waals surface area contributed by atoms with Gasteiger partial charge in [-0.05, 0) is 64.6 Å². The molecule has 0 bridgehead atoms. The SMILES string of the molecule is CCCNC(Cc1ccncc1Cl)c1ccc(F)c(Br)c1. The maximum absolute atomic E-state index is 13.4. The van der Waals surface area contributed by atoms with Crippen molar-refractivity contribution in [2.75, 3.05) is 6.54 Å². The minimum Gasteiger partial charge on any atom is -0.310 e. The number of aromatic nitrogens is 1. The van der Waals surface area contributed by atoms with Crippen LogP contribution in [0.1, 0.15) is 30.5 Å². The normalized spacial score (nSPS) is 12.4. The fourth-order valence-electron chi connectivity index (χ4n) is 2.15. The van der Waals surface area contributed by atoms with E-state index in [1.54, 1.807) is 12.4 Å². The van der Waals surface area contributed by atoms with E-state index in [-0.39, 0.29) is 11.9 Å². The van der Waals surface area contributed by atoms with Gasteiger partial charge in [0.15, 0.2) is 0 Å². The van der Waals surface area contributed by atoms with E-state index in [1.807, 2.05) is 18.2 Å². The third-order valence-corrected chi connectivity index (χ3v) is 4.22. The van der Waals surface area contributed by atoms with E-state index in [2.05, 4.69) is 33.2 Å². The molecule has 2 nitrogen and oxygen atoms in total. The Hall–Kier alpha value is -0.970. The maximum atomic E-state index is 13.4. The number of halogens is 3. The number of nitrogens with zero attached hydrogens (tertiary/aromatic N) is 1. The van der Waals surface area contributed by atoms with E-state index in [0.717, 1.165) is 30.5 Å². The third-order valence-electron chi connectivity index (χ3n) is 3.27. The molecule has 1 aromatic carbocycles. The van der Waals surface area contributed by atoms with Crippen molar-refractivity contribution in [2.45, 2.75) is 25.8 Å². The Bertz CT molecular complexity index is 607. The quantitative estimate of drug-likeness (QED) is 0.779. The molecule has 0 radical (unpaired) electrons. The molecule has 2 rings (SSSR count). The summed E-state index contributed by atoms with van der Waals surface area (Å²) < 4.78 is 13.9. The highest BCUT2D eigenvalue weighted by atomic mass is 79.9. The number of pyridine rings is 1. The van der Waals surface area contributed by atoms with Gasteiger partial charge in [-0.3, -0.25) is 4.98 Å². The van der Waals surface area contributed by atoms with Crippen LogP contribution >= 0.6 is 27.5 Å². The summed E-state index contributed by atoms with van der Waals surface area (Å²) in [6, 6.07) is 7.11. The molecule has 1 aromatic heterocycles. The highest BCUT2D eigenvalue weighted by Crippen LogP contribution is 2.26. The van der Waals surface area contributed by atoms with Crippen molar-refractivity contribution in [1.29, 1.82) is 0 Å². The zero-order valence-electron chi connectivity index (χ0n) is 11.7. The first-order valence-corrected chi connectivity index (χ1v) is 8.05. The van der Waals surface area contributed by atoms with Crippen LogP contribution in [0.5, 0.6) is 0 Å². The largest absolute Gasteiger partial charge is 0.310 e. The molecular weight excluding hydrogens is 355 g/mol. The Kier molecular flexibility index (Phi) is 6.15. The lowest BCUT2D eigenvalue weighted by molar-refractivity contribution is 0.527. The van der Waals surface area contributed by atoms with E-state index < -0.39 is 0 Å². The lowest BCUT2D eigenvalue weighted by Gasteiger charge is -2.20. The smallest absolute Gasteiger partial charge is 0.137 e. The van der Waals surface area contributed by atoms with Gasteiger partial charge in [-0.15, -0.1) is 0 Å². The van der Waals surface area contributed by atoms with Crippen molar-refractivity contribution in [2.24, 2.45) is 0 Å². The van der Waals surface area contributed by atoms with Crippen LogP contribution in [0.25, 0.3) is 0 Å². The van der Waals surface area contributed by atoms with Gasteiger partial charge in [-0.25, -0.2) is 4.39 Å². The van der Waals surface area contributed by atoms with Crippen LogP contribution in [0.15, 0.2) is 41.1 Å². The second-order valence-corrected chi connectivity index (χ2v) is 6.11. The molecule has 0 spiro atoms. The molecule has 21 heavy (non-hydrogen) atoms. The fourth-order valence-corrected chi connectivity index (χ4v) is 2.74. The van der Waals surface area contributed by atoms with Crippen LogP contribution in [0.3, 0.4) is 0 Å². The van der Waals surface area contributed by atoms with Gasteiger partial charge in [-0.1, -0.05) is 24.6 Å². The molecule has 112 valence electrons. The molecule has 0 saturated carbocycles. The number of nitrogens with one attached hydrogen (secondary N) is 1. The standard InChI is InChI=1S/C16H17BrClFN2/c1-2-6-21-16(9-11-5-7-20-10-14(11)18)12-3-4-15(19)13(17)8-12/h3-5,7-8,10,16,21H,2,6,9H2,1H3. The topological polar surface area (TPSA) is 24.9 Å². The Morgan fingerprint density at radius 1 is 1.38 bits per heavy atom. The Balaban J connectivity index is 2.25. The molecule has 2 aromatic rings. The van der Waals surface area contributed by atoms with Crippen LogP contribution < -0.4 is 5.32 Å². The number of hydrogen-bond acceptors (Lipinski definition) is 2. The highest BCUT2D eigenvalue weighted by molar-refractivity contribution is 9.10. The molecule has 0 aliphatic rings.